The van der Waals surface area contributed by atoms with Gasteiger partial charge in [-0.15, -0.1) is 0 Å². The molecule has 1 N–H and O–H groups in total. The van der Waals surface area contributed by atoms with Crippen LogP contribution in [0.15, 0.2) is 30.3 Å². The first kappa shape index (κ1) is 24.8. The Bertz CT molecular complexity index is 1060. The molecule has 0 radical (unpaired) electrons. The molecule has 4 nitrogen and oxygen atoms in total. The minimum atomic E-state index is -4.65. The van der Waals surface area contributed by atoms with Crippen molar-refractivity contribution < 1.29 is 31.5 Å². The second-order valence-corrected chi connectivity index (χ2v) is 9.31. The average Bonchev–Trinajstić information content (AvgIpc) is 3.60. The van der Waals surface area contributed by atoms with Gasteiger partial charge in [0.25, 0.3) is 5.91 Å². The Morgan fingerprint density at radius 2 is 1.94 bits per heavy atom. The number of piperidine rings is 1. The standard InChI is InChI=1S/C24H25F5N2O2S/c1-34-30-23(32)19-10-18(14-4-5-14)22(11-21(19)26)33-17-3-2-8-31(13-17)12-15-6-7-16(25)9-20(15)24(27,28)29/h6-7,9-11,14,17H,2-5,8,12-13H2,1H3,(H,30,32)/t17-/m1/s1. The fourth-order valence-corrected chi connectivity index (χ4v) is 4.63. The molecule has 1 aliphatic carbocycles. The second-order valence-electron chi connectivity index (χ2n) is 8.70. The SMILES string of the molecule is CSNC(=O)c1cc(C2CC2)c(O[C@@H]2CCCN(Cc3ccc(F)cc3C(F)(F)F)C2)cc1F. The van der Waals surface area contributed by atoms with Crippen LogP contribution in [0, 0.1) is 11.6 Å². The molecule has 1 atom stereocenters. The van der Waals surface area contributed by atoms with E-state index < -0.39 is 29.3 Å². The van der Waals surface area contributed by atoms with Gasteiger partial charge in [0.05, 0.1) is 11.1 Å². The average molecular weight is 501 g/mol. The molecule has 1 aliphatic heterocycles. The van der Waals surface area contributed by atoms with E-state index in [-0.39, 0.29) is 29.7 Å². The first-order valence-corrected chi connectivity index (χ1v) is 12.3. The van der Waals surface area contributed by atoms with Gasteiger partial charge in [0, 0.05) is 25.4 Å². The van der Waals surface area contributed by atoms with Crippen LogP contribution in [-0.2, 0) is 12.7 Å². The molecule has 34 heavy (non-hydrogen) atoms. The van der Waals surface area contributed by atoms with Crippen molar-refractivity contribution in [3.05, 3.63) is 64.2 Å². The largest absolute Gasteiger partial charge is 0.489 e. The lowest BCUT2D eigenvalue weighted by Crippen LogP contribution is -2.41. The third kappa shape index (κ3) is 5.83. The van der Waals surface area contributed by atoms with Crippen LogP contribution in [-0.4, -0.2) is 36.3 Å². The number of carbonyl (C=O) groups excluding carboxylic acids is 1. The van der Waals surface area contributed by atoms with Crippen LogP contribution >= 0.6 is 11.9 Å². The van der Waals surface area contributed by atoms with Gasteiger partial charge in [-0.3, -0.25) is 14.4 Å². The number of carbonyl (C=O) groups is 1. The van der Waals surface area contributed by atoms with Crippen molar-refractivity contribution in [3.8, 4) is 5.75 Å². The van der Waals surface area contributed by atoms with Crippen molar-refractivity contribution in [1.29, 1.82) is 0 Å². The zero-order valence-electron chi connectivity index (χ0n) is 18.6. The molecular formula is C24H25F5N2O2S. The molecule has 0 unspecified atom stereocenters. The van der Waals surface area contributed by atoms with Gasteiger partial charge in [-0.25, -0.2) is 8.78 Å². The number of halogens is 5. The number of nitrogens with one attached hydrogen (secondary N) is 1. The van der Waals surface area contributed by atoms with E-state index in [0.717, 1.165) is 36.4 Å². The third-order valence-electron chi connectivity index (χ3n) is 6.08. The normalized spacial score (nSPS) is 19.2. The molecule has 1 saturated carbocycles. The Morgan fingerprint density at radius 1 is 1.18 bits per heavy atom. The molecule has 4 rings (SSSR count). The van der Waals surface area contributed by atoms with Gasteiger partial charge in [-0.05, 0) is 67.5 Å². The molecule has 2 aromatic carbocycles. The summed E-state index contributed by atoms with van der Waals surface area (Å²) in [5.41, 5.74) is -0.233. The number of ether oxygens (including phenoxy) is 1. The van der Waals surface area contributed by atoms with Gasteiger partial charge < -0.3 is 4.74 Å². The zero-order chi connectivity index (χ0) is 24.5. The number of nitrogens with zero attached hydrogens (tertiary/aromatic N) is 1. The van der Waals surface area contributed by atoms with Crippen molar-refractivity contribution in [2.45, 2.75) is 50.4 Å². The van der Waals surface area contributed by atoms with Gasteiger partial charge in [-0.1, -0.05) is 18.0 Å². The fraction of sp³-hybridized carbons (Fsp3) is 0.458. The van der Waals surface area contributed by atoms with Crippen molar-refractivity contribution in [3.63, 3.8) is 0 Å². The fourth-order valence-electron chi connectivity index (χ4n) is 4.33. The first-order valence-electron chi connectivity index (χ1n) is 11.1. The number of benzene rings is 2. The molecule has 2 fully saturated rings. The highest BCUT2D eigenvalue weighted by atomic mass is 32.2. The van der Waals surface area contributed by atoms with E-state index >= 15 is 0 Å². The molecule has 184 valence electrons. The van der Waals surface area contributed by atoms with Crippen molar-refractivity contribution in [2.24, 2.45) is 0 Å². The van der Waals surface area contributed by atoms with Crippen LogP contribution in [0.1, 0.15) is 58.6 Å². The van der Waals surface area contributed by atoms with Crippen LogP contribution in [0.3, 0.4) is 0 Å². The Hall–Kier alpha value is -2.33. The Kier molecular flexibility index (Phi) is 7.37. The molecule has 10 heteroatoms. The lowest BCUT2D eigenvalue weighted by molar-refractivity contribution is -0.138. The molecular weight excluding hydrogens is 475 g/mol. The topological polar surface area (TPSA) is 41.6 Å². The highest BCUT2D eigenvalue weighted by Gasteiger charge is 2.35. The number of amides is 1. The van der Waals surface area contributed by atoms with Gasteiger partial charge in [0.1, 0.15) is 23.5 Å². The third-order valence-corrected chi connectivity index (χ3v) is 6.47. The number of alkyl halides is 3. The summed E-state index contributed by atoms with van der Waals surface area (Å²) in [6, 6.07) is 5.50. The highest BCUT2D eigenvalue weighted by Crippen LogP contribution is 2.45. The summed E-state index contributed by atoms with van der Waals surface area (Å²) in [5, 5.41) is 0. The van der Waals surface area contributed by atoms with E-state index in [1.54, 1.807) is 12.3 Å². The monoisotopic (exact) mass is 500 g/mol. The molecule has 2 aromatic rings. The number of hydrogen-bond donors (Lipinski definition) is 1. The lowest BCUT2D eigenvalue weighted by Gasteiger charge is -2.34. The summed E-state index contributed by atoms with van der Waals surface area (Å²) in [6.07, 6.45) is -0.0982. The van der Waals surface area contributed by atoms with E-state index in [9.17, 15) is 26.7 Å². The van der Waals surface area contributed by atoms with Crippen LogP contribution in [0.5, 0.6) is 5.75 Å². The van der Waals surface area contributed by atoms with Gasteiger partial charge in [0.15, 0.2) is 0 Å². The van der Waals surface area contributed by atoms with E-state index in [4.69, 9.17) is 4.74 Å². The molecule has 1 heterocycles. The van der Waals surface area contributed by atoms with E-state index in [2.05, 4.69) is 4.72 Å². The molecule has 0 spiro atoms. The quantitative estimate of drug-likeness (QED) is 0.379. The maximum absolute atomic E-state index is 14.7. The Labute approximate surface area is 199 Å². The molecule has 2 aliphatic rings. The van der Waals surface area contributed by atoms with Crippen molar-refractivity contribution >= 4 is 17.9 Å². The number of rotatable bonds is 7. The predicted molar refractivity (Wildman–Crippen MR) is 120 cm³/mol. The lowest BCUT2D eigenvalue weighted by atomic mass is 10.0. The summed E-state index contributed by atoms with van der Waals surface area (Å²) in [6.45, 7) is 0.938. The summed E-state index contributed by atoms with van der Waals surface area (Å²) in [4.78, 5) is 14.0. The maximum Gasteiger partial charge on any atom is 0.416 e. The number of likely N-dealkylation sites (tertiary alicyclic amines) is 1. The van der Waals surface area contributed by atoms with Crippen LogP contribution in [0.25, 0.3) is 0 Å². The van der Waals surface area contributed by atoms with Crippen LogP contribution in [0.4, 0.5) is 22.0 Å². The van der Waals surface area contributed by atoms with E-state index in [1.807, 2.05) is 4.90 Å². The van der Waals surface area contributed by atoms with E-state index in [0.29, 0.717) is 37.7 Å². The number of hydrogen-bond acceptors (Lipinski definition) is 4. The Balaban J connectivity index is 1.50. The zero-order valence-corrected chi connectivity index (χ0v) is 19.4. The summed E-state index contributed by atoms with van der Waals surface area (Å²) < 4.78 is 76.9. The van der Waals surface area contributed by atoms with Gasteiger partial charge >= 0.3 is 6.18 Å². The summed E-state index contributed by atoms with van der Waals surface area (Å²) in [7, 11) is 0. The van der Waals surface area contributed by atoms with E-state index in [1.165, 1.54) is 12.1 Å². The minimum absolute atomic E-state index is 0.00317. The van der Waals surface area contributed by atoms with Gasteiger partial charge in [0.2, 0.25) is 0 Å². The second kappa shape index (κ2) is 10.1. The predicted octanol–water partition coefficient (Wildman–Crippen LogP) is 5.91. The molecule has 1 saturated heterocycles. The summed E-state index contributed by atoms with van der Waals surface area (Å²) in [5.74, 6) is -1.54. The smallest absolute Gasteiger partial charge is 0.416 e. The van der Waals surface area contributed by atoms with Gasteiger partial charge in [-0.2, -0.15) is 13.2 Å². The van der Waals surface area contributed by atoms with Crippen LogP contribution < -0.4 is 9.46 Å². The Morgan fingerprint density at radius 3 is 2.62 bits per heavy atom. The van der Waals surface area contributed by atoms with Crippen molar-refractivity contribution in [2.75, 3.05) is 19.3 Å². The minimum Gasteiger partial charge on any atom is -0.489 e. The molecule has 0 bridgehead atoms. The van der Waals surface area contributed by atoms with Crippen molar-refractivity contribution in [1.82, 2.24) is 9.62 Å². The first-order chi connectivity index (χ1) is 16.2. The highest BCUT2D eigenvalue weighted by molar-refractivity contribution is 7.97. The maximum atomic E-state index is 14.7. The summed E-state index contributed by atoms with van der Waals surface area (Å²) >= 11 is 1.09. The molecule has 1 amide bonds. The van der Waals surface area contributed by atoms with Crippen LogP contribution in [0.2, 0.25) is 0 Å². The molecule has 0 aromatic heterocycles.